The normalized spacial score (nSPS) is 13.1. The number of carbonyl (C=O) groups excluding carboxylic acids is 1. The van der Waals surface area contributed by atoms with Gasteiger partial charge in [0.1, 0.15) is 17.3 Å². The fourth-order valence-corrected chi connectivity index (χ4v) is 4.04. The molecule has 0 spiro atoms. The molecule has 38 heavy (non-hydrogen) atoms. The average molecular weight is 519 g/mol. The SMILES string of the molecule is CCCn1cc(OCC2CNC2)c(C(=O)Nc2ccc(Oc3ccnc4cc(OC)c(OC)cc34)cn2)n1. The quantitative estimate of drug-likeness (QED) is 0.304. The van der Waals surface area contributed by atoms with Crippen molar-refractivity contribution in [2.45, 2.75) is 19.9 Å². The van der Waals surface area contributed by atoms with E-state index in [0.717, 1.165) is 24.9 Å². The van der Waals surface area contributed by atoms with Gasteiger partial charge in [-0.25, -0.2) is 4.98 Å². The third-order valence-electron chi connectivity index (χ3n) is 6.15. The number of benzene rings is 1. The molecule has 0 unspecified atom stereocenters. The monoisotopic (exact) mass is 518 g/mol. The van der Waals surface area contributed by atoms with Crippen LogP contribution in [0.25, 0.3) is 10.9 Å². The molecule has 0 radical (unpaired) electrons. The molecule has 11 nitrogen and oxygen atoms in total. The zero-order chi connectivity index (χ0) is 26.5. The maximum absolute atomic E-state index is 13.0. The Labute approximate surface area is 220 Å². The largest absolute Gasteiger partial charge is 0.493 e. The molecule has 4 heterocycles. The van der Waals surface area contributed by atoms with E-state index in [2.05, 4.69) is 32.6 Å². The molecule has 0 bridgehead atoms. The molecule has 4 aromatic rings. The number of aryl methyl sites for hydroxylation is 1. The van der Waals surface area contributed by atoms with Crippen LogP contribution in [0.1, 0.15) is 23.8 Å². The van der Waals surface area contributed by atoms with Crippen LogP contribution in [0.2, 0.25) is 0 Å². The van der Waals surface area contributed by atoms with Crippen LogP contribution in [-0.4, -0.2) is 59.6 Å². The van der Waals surface area contributed by atoms with Crippen LogP contribution >= 0.6 is 0 Å². The minimum Gasteiger partial charge on any atom is -0.493 e. The first-order valence-electron chi connectivity index (χ1n) is 12.4. The van der Waals surface area contributed by atoms with Crippen LogP contribution in [0.15, 0.2) is 48.9 Å². The molecule has 3 aromatic heterocycles. The van der Waals surface area contributed by atoms with Crippen molar-refractivity contribution in [2.75, 3.05) is 39.2 Å². The Morgan fingerprint density at radius 2 is 1.89 bits per heavy atom. The molecule has 0 saturated carbocycles. The van der Waals surface area contributed by atoms with E-state index in [1.807, 2.05) is 6.07 Å². The first-order valence-corrected chi connectivity index (χ1v) is 12.4. The molecule has 1 aromatic carbocycles. The van der Waals surface area contributed by atoms with E-state index in [4.69, 9.17) is 18.9 Å². The maximum Gasteiger partial charge on any atom is 0.281 e. The van der Waals surface area contributed by atoms with E-state index < -0.39 is 0 Å². The third-order valence-corrected chi connectivity index (χ3v) is 6.15. The summed E-state index contributed by atoms with van der Waals surface area (Å²) in [6.45, 7) is 5.12. The summed E-state index contributed by atoms with van der Waals surface area (Å²) in [5.41, 5.74) is 0.937. The van der Waals surface area contributed by atoms with Gasteiger partial charge < -0.3 is 29.6 Å². The van der Waals surface area contributed by atoms with Crippen molar-refractivity contribution >= 4 is 22.6 Å². The number of aromatic nitrogens is 4. The second-order valence-corrected chi connectivity index (χ2v) is 8.91. The summed E-state index contributed by atoms with van der Waals surface area (Å²) >= 11 is 0. The Balaban J connectivity index is 1.29. The van der Waals surface area contributed by atoms with Gasteiger partial charge in [0.25, 0.3) is 5.91 Å². The van der Waals surface area contributed by atoms with E-state index in [-0.39, 0.29) is 11.6 Å². The van der Waals surface area contributed by atoms with Gasteiger partial charge in [-0.15, -0.1) is 0 Å². The molecular weight excluding hydrogens is 488 g/mol. The van der Waals surface area contributed by atoms with Crippen molar-refractivity contribution in [3.63, 3.8) is 0 Å². The number of amides is 1. The van der Waals surface area contributed by atoms with Gasteiger partial charge in [0.2, 0.25) is 0 Å². The van der Waals surface area contributed by atoms with Crippen molar-refractivity contribution in [1.29, 1.82) is 0 Å². The molecule has 1 amide bonds. The lowest BCUT2D eigenvalue weighted by molar-refractivity contribution is 0.101. The van der Waals surface area contributed by atoms with Crippen molar-refractivity contribution < 1.29 is 23.7 Å². The molecule has 5 rings (SSSR count). The minimum atomic E-state index is -0.385. The van der Waals surface area contributed by atoms with Crippen LogP contribution in [0, 0.1) is 5.92 Å². The molecular formula is C27H30N6O5. The van der Waals surface area contributed by atoms with Crippen LogP contribution in [0.3, 0.4) is 0 Å². The zero-order valence-electron chi connectivity index (χ0n) is 21.6. The summed E-state index contributed by atoms with van der Waals surface area (Å²) in [7, 11) is 3.15. The fourth-order valence-electron chi connectivity index (χ4n) is 4.04. The van der Waals surface area contributed by atoms with Crippen LogP contribution in [-0.2, 0) is 6.54 Å². The number of fused-ring (bicyclic) bond motifs is 1. The minimum absolute atomic E-state index is 0.237. The van der Waals surface area contributed by atoms with Crippen molar-refractivity contribution in [3.8, 4) is 28.7 Å². The first kappa shape index (κ1) is 25.3. The summed E-state index contributed by atoms with van der Waals surface area (Å²) in [6.07, 6.45) is 5.87. The van der Waals surface area contributed by atoms with Crippen molar-refractivity contribution in [3.05, 3.63) is 54.6 Å². The van der Waals surface area contributed by atoms with Gasteiger partial charge in [0.05, 0.1) is 38.7 Å². The van der Waals surface area contributed by atoms with Crippen LogP contribution < -0.4 is 29.6 Å². The number of nitrogens with one attached hydrogen (secondary N) is 2. The third kappa shape index (κ3) is 5.47. The highest BCUT2D eigenvalue weighted by Gasteiger charge is 2.22. The summed E-state index contributed by atoms with van der Waals surface area (Å²) in [5.74, 6) is 3.13. The van der Waals surface area contributed by atoms with Crippen LogP contribution in [0.5, 0.6) is 28.7 Å². The highest BCUT2D eigenvalue weighted by atomic mass is 16.5. The van der Waals surface area contributed by atoms with Crippen molar-refractivity contribution in [1.82, 2.24) is 25.1 Å². The standard InChI is InChI=1S/C27H30N6O5/c1-4-9-33-15-24(37-16-17-12-28-13-17)26(32-33)27(34)31-25-6-5-18(14-30-25)38-21-7-8-29-20-11-23(36-3)22(35-2)10-19(20)21/h5-8,10-11,14-15,17,28H,4,9,12-13,16H2,1-3H3,(H,30,31,34). The summed E-state index contributed by atoms with van der Waals surface area (Å²) < 4.78 is 24.5. The topological polar surface area (TPSA) is 122 Å². The maximum atomic E-state index is 13.0. The molecule has 11 heteroatoms. The molecule has 198 valence electrons. The van der Waals surface area contributed by atoms with Gasteiger partial charge in [0, 0.05) is 43.2 Å². The Kier molecular flexibility index (Phi) is 7.55. The van der Waals surface area contributed by atoms with E-state index in [0.29, 0.717) is 59.2 Å². The summed E-state index contributed by atoms with van der Waals surface area (Å²) in [5, 5.41) is 11.2. The predicted molar refractivity (Wildman–Crippen MR) is 141 cm³/mol. The molecule has 1 fully saturated rings. The summed E-state index contributed by atoms with van der Waals surface area (Å²) in [4.78, 5) is 21.8. The second kappa shape index (κ2) is 11.3. The van der Waals surface area contributed by atoms with Gasteiger partial charge in [0.15, 0.2) is 22.9 Å². The highest BCUT2D eigenvalue weighted by Crippen LogP contribution is 2.36. The molecule has 2 N–H and O–H groups in total. The number of methoxy groups -OCH3 is 2. The average Bonchev–Trinajstić information content (AvgIpc) is 3.31. The molecule has 0 atom stereocenters. The Bertz CT molecular complexity index is 1420. The number of carbonyl (C=O) groups is 1. The van der Waals surface area contributed by atoms with Gasteiger partial charge in [-0.1, -0.05) is 6.92 Å². The molecule has 1 aliphatic heterocycles. The lowest BCUT2D eigenvalue weighted by Crippen LogP contribution is -2.45. The molecule has 1 saturated heterocycles. The Hall–Kier alpha value is -4.38. The smallest absolute Gasteiger partial charge is 0.281 e. The number of pyridine rings is 2. The summed E-state index contributed by atoms with van der Waals surface area (Å²) in [6, 6.07) is 8.77. The van der Waals surface area contributed by atoms with Gasteiger partial charge in [-0.2, -0.15) is 5.10 Å². The molecule has 1 aliphatic rings. The Morgan fingerprint density at radius 3 is 2.58 bits per heavy atom. The van der Waals surface area contributed by atoms with Crippen LogP contribution in [0.4, 0.5) is 5.82 Å². The fraction of sp³-hybridized carbons (Fsp3) is 0.333. The van der Waals surface area contributed by atoms with E-state index in [9.17, 15) is 4.79 Å². The van der Waals surface area contributed by atoms with E-state index in [1.54, 1.807) is 61.8 Å². The Morgan fingerprint density at radius 1 is 1.08 bits per heavy atom. The van der Waals surface area contributed by atoms with Crippen molar-refractivity contribution in [2.24, 2.45) is 5.92 Å². The number of hydrogen-bond donors (Lipinski definition) is 2. The highest BCUT2D eigenvalue weighted by molar-refractivity contribution is 6.04. The predicted octanol–water partition coefficient (Wildman–Crippen LogP) is 3.90. The number of rotatable bonds is 11. The molecule has 0 aliphatic carbocycles. The lowest BCUT2D eigenvalue weighted by atomic mass is 10.1. The van der Waals surface area contributed by atoms with Gasteiger partial charge in [-0.05, 0) is 30.7 Å². The first-order chi connectivity index (χ1) is 18.6. The zero-order valence-corrected chi connectivity index (χ0v) is 21.6. The number of hydrogen-bond acceptors (Lipinski definition) is 9. The number of nitrogens with zero attached hydrogens (tertiary/aromatic N) is 4. The number of anilines is 1. The second-order valence-electron chi connectivity index (χ2n) is 8.91. The van der Waals surface area contributed by atoms with E-state index >= 15 is 0 Å². The van der Waals surface area contributed by atoms with Gasteiger partial charge in [-0.3, -0.25) is 14.5 Å². The lowest BCUT2D eigenvalue weighted by Gasteiger charge is -2.26. The number of ether oxygens (including phenoxy) is 4. The van der Waals surface area contributed by atoms with Gasteiger partial charge >= 0.3 is 0 Å². The van der Waals surface area contributed by atoms with E-state index in [1.165, 1.54) is 0 Å².